The number of carbonyl (C=O) groups is 6. The van der Waals surface area contributed by atoms with Gasteiger partial charge < -0.3 is 62.9 Å². The number of nitrogen functional groups attached to an aromatic ring is 2. The molecule has 2 aromatic carbocycles. The lowest BCUT2D eigenvalue weighted by Gasteiger charge is -2.52. The van der Waals surface area contributed by atoms with Crippen molar-refractivity contribution >= 4 is 90.3 Å². The molecule has 10 rings (SSSR count). The largest absolute Gasteiger partial charge is 0.485 e. The van der Waals surface area contributed by atoms with Crippen LogP contribution in [0.4, 0.5) is 10.3 Å². The summed E-state index contributed by atoms with van der Waals surface area (Å²) < 4.78 is 57.5. The molecule has 4 aliphatic rings. The number of nitrogens with one attached hydrogen (secondary N) is 2. The highest BCUT2D eigenvalue weighted by Gasteiger charge is 2.61. The molecule has 6 aromatic rings. The number of rotatable bonds is 26. The van der Waals surface area contributed by atoms with Crippen LogP contribution in [0.1, 0.15) is 75.9 Å². The maximum atomic E-state index is 14.1. The van der Waals surface area contributed by atoms with E-state index >= 15 is 0 Å². The topological polar surface area (TPSA) is 435 Å². The van der Waals surface area contributed by atoms with Gasteiger partial charge in [-0.2, -0.15) is 27.9 Å². The number of carboxylic acids is 2. The third kappa shape index (κ3) is 13.5. The van der Waals surface area contributed by atoms with Crippen molar-refractivity contribution < 1.29 is 84.5 Å². The number of hydrogen-bond donors (Lipinski definition) is 8. The first kappa shape index (κ1) is 64.8. The van der Waals surface area contributed by atoms with Gasteiger partial charge in [-0.05, 0) is 126 Å². The Morgan fingerprint density at radius 3 is 1.43 bits per heavy atom. The first-order valence-electron chi connectivity index (χ1n) is 28.6. The van der Waals surface area contributed by atoms with Crippen LogP contribution in [0, 0.1) is 0 Å². The molecule has 0 bridgehead atoms. The summed E-state index contributed by atoms with van der Waals surface area (Å²) in [6.07, 6.45) is 5.14. The summed E-state index contributed by atoms with van der Waals surface area (Å²) in [5.74, 6) is -6.53. The van der Waals surface area contributed by atoms with E-state index in [0.717, 1.165) is 82.0 Å². The van der Waals surface area contributed by atoms with E-state index in [9.17, 15) is 47.4 Å². The Hall–Kier alpha value is -9.13. The summed E-state index contributed by atoms with van der Waals surface area (Å²) in [4.78, 5) is 100. The number of aryl methyl sites for hydroxylation is 6. The number of nitrogens with two attached hydrogens (primary N) is 4. The van der Waals surface area contributed by atoms with Gasteiger partial charge >= 0.3 is 22.3 Å². The first-order chi connectivity index (χ1) is 43.2. The number of nitrogens with zero attached hydrogens (tertiary/aromatic N) is 10. The summed E-state index contributed by atoms with van der Waals surface area (Å²) in [5.41, 5.74) is 23.8. The highest BCUT2D eigenvalue weighted by atomic mass is 32.3. The van der Waals surface area contributed by atoms with Crippen molar-refractivity contribution in [1.82, 2.24) is 40.1 Å². The molecule has 4 amide bonds. The molecule has 8 heterocycles. The van der Waals surface area contributed by atoms with Crippen molar-refractivity contribution in [3.05, 3.63) is 94.5 Å². The smallest absolute Gasteiger partial charge is 0.442 e. The van der Waals surface area contributed by atoms with Gasteiger partial charge in [0, 0.05) is 10.8 Å². The summed E-state index contributed by atoms with van der Waals surface area (Å²) in [5, 5.41) is 36.9. The maximum Gasteiger partial charge on any atom is 0.442 e. The van der Waals surface area contributed by atoms with Crippen molar-refractivity contribution in [2.75, 3.05) is 24.6 Å². The van der Waals surface area contributed by atoms with Crippen molar-refractivity contribution in [3.63, 3.8) is 0 Å². The standard InChI is InChI=1S/C56H66N16O16S3/c1-55(2)45(63-47(73)41(35-27-89-53(59)61-35)65-85-43(51(77)78)39-15-11-31-21-29(9-13-37(31)83-39)33-23-67(5)69(25-33)19-7-17-57)49(75)71(55)87-91(81,82)88-72-50(76)46(56(72,3)4)64-48(74)42(36-28-90-54(60)62-36)66-86-44(52(79)80)40-16-12-32-22-30(10-14-38(32)84-40)34-24-68(6)70(26-34)20-8-18-58/h9-10,13-14,21-28,39-40,43-46H,7-8,11-12,15-20,57-58H2,1-6H3,(H6-2,59,60,61,62,63,64,73,74,77,78,79,80)/p+2/b65-41-,66-42-/t39-,40-,43+,44+,45+,46+/m0/s1. The van der Waals surface area contributed by atoms with E-state index in [-0.39, 0.29) is 34.5 Å². The van der Waals surface area contributed by atoms with Gasteiger partial charge in [0.1, 0.15) is 47.2 Å². The third-order valence-electron chi connectivity index (χ3n) is 15.8. The average Bonchev–Trinajstić information content (AvgIpc) is 0.946. The number of aliphatic carboxylic acids is 2. The SMILES string of the molecule is C[n+]1cc(-c2ccc3c(c2)CC[C@@H]([C@@H](O/N=C(\C(=O)N[C@@H]2C(=O)N(OS(=O)(=O)ON4C(=O)[C@@H](NC(=O)/C(=N\O[C@@H](C(=O)O)[C@@H]5CCc6cc(-c7cn(CCCN)[n+](C)c7)ccc6O5)c5csc(N)n5)C4(C)C)C2(C)C)c2csc(N)n2)C(=O)O)O3)cn1CCCN. The highest BCUT2D eigenvalue weighted by Crippen LogP contribution is 2.39. The van der Waals surface area contributed by atoms with Crippen LogP contribution in [0.25, 0.3) is 22.3 Å². The second-order valence-electron chi connectivity index (χ2n) is 22.9. The quantitative estimate of drug-likeness (QED) is 0.0156. The van der Waals surface area contributed by atoms with Crippen LogP contribution < -0.4 is 52.4 Å². The number of hydrogen-bond acceptors (Lipinski definition) is 24. The summed E-state index contributed by atoms with van der Waals surface area (Å²) in [6, 6.07) is 8.06. The zero-order valence-corrected chi connectivity index (χ0v) is 52.5. The van der Waals surface area contributed by atoms with Crippen LogP contribution in [0.5, 0.6) is 11.5 Å². The van der Waals surface area contributed by atoms with E-state index in [2.05, 4.69) is 30.9 Å². The van der Waals surface area contributed by atoms with E-state index in [0.29, 0.717) is 47.6 Å². The number of ether oxygens (including phenoxy) is 2. The van der Waals surface area contributed by atoms with Crippen LogP contribution in [-0.4, -0.2) is 156 Å². The molecule has 0 aliphatic carbocycles. The van der Waals surface area contributed by atoms with Gasteiger partial charge in [0.2, 0.25) is 12.4 Å². The van der Waals surface area contributed by atoms with Gasteiger partial charge in [-0.1, -0.05) is 22.4 Å². The Balaban J connectivity index is 0.758. The fraction of sp³-hybridized carbons (Fsp3) is 0.429. The minimum atomic E-state index is -5.37. The zero-order valence-electron chi connectivity index (χ0n) is 50.1. The maximum absolute atomic E-state index is 14.1. The molecule has 0 saturated carbocycles. The van der Waals surface area contributed by atoms with Gasteiger partial charge in [0.05, 0.1) is 47.7 Å². The zero-order chi connectivity index (χ0) is 65.4. The Kier molecular flexibility index (Phi) is 18.5. The number of thiazole rings is 2. The van der Waals surface area contributed by atoms with Crippen molar-refractivity contribution in [1.29, 1.82) is 0 Å². The van der Waals surface area contributed by atoms with E-state index in [1.807, 2.05) is 81.9 Å². The number of fused-ring (bicyclic) bond motifs is 2. The molecule has 484 valence electrons. The van der Waals surface area contributed by atoms with E-state index in [4.69, 9.17) is 50.7 Å². The van der Waals surface area contributed by atoms with E-state index < -0.39 is 105 Å². The summed E-state index contributed by atoms with van der Waals surface area (Å²) in [7, 11) is -1.51. The molecule has 32 nitrogen and oxygen atoms in total. The Morgan fingerprint density at radius 1 is 0.692 bits per heavy atom. The predicted molar refractivity (Wildman–Crippen MR) is 323 cm³/mol. The third-order valence-corrected chi connectivity index (χ3v) is 17.8. The average molecular weight is 1320 g/mol. The predicted octanol–water partition coefficient (Wildman–Crippen LogP) is 0.202. The number of β-lactam (4-membered cyclic amide) rings is 2. The van der Waals surface area contributed by atoms with Crippen LogP contribution >= 0.6 is 22.7 Å². The fourth-order valence-electron chi connectivity index (χ4n) is 10.8. The van der Waals surface area contributed by atoms with Gasteiger partial charge in [-0.15, -0.1) is 40.6 Å². The van der Waals surface area contributed by atoms with Crippen LogP contribution in [-0.2, 0) is 97.4 Å². The molecule has 2 fully saturated rings. The Bertz CT molecular complexity index is 3760. The number of oxime groups is 2. The molecule has 12 N–H and O–H groups in total. The molecule has 4 aliphatic heterocycles. The molecular formula is C56H68N16O16S3+2. The monoisotopic (exact) mass is 1320 g/mol. The molecule has 4 aromatic heterocycles. The van der Waals surface area contributed by atoms with Gasteiger partial charge in [-0.25, -0.2) is 19.6 Å². The molecule has 35 heteroatoms. The number of aromatic nitrogens is 6. The number of benzene rings is 2. The van der Waals surface area contributed by atoms with Crippen LogP contribution in [0.15, 0.2) is 82.3 Å². The second-order valence-corrected chi connectivity index (χ2v) is 25.8. The van der Waals surface area contributed by atoms with E-state index in [1.165, 1.54) is 38.5 Å². The lowest BCUT2D eigenvalue weighted by Crippen LogP contribution is -2.78. The minimum Gasteiger partial charge on any atom is -0.485 e. The second kappa shape index (κ2) is 26.0. The first-order valence-corrected chi connectivity index (χ1v) is 31.7. The number of carboxylic acid groups (broad SMARTS) is 2. The molecular weight excluding hydrogens is 1250 g/mol. The van der Waals surface area contributed by atoms with Crippen LogP contribution in [0.2, 0.25) is 0 Å². The number of carbonyl (C=O) groups excluding carboxylic acids is 4. The number of anilines is 2. The lowest BCUT2D eigenvalue weighted by molar-refractivity contribution is -0.753. The van der Waals surface area contributed by atoms with Crippen molar-refractivity contribution in [3.8, 4) is 33.8 Å². The number of amides is 4. The molecule has 0 spiro atoms. The summed E-state index contributed by atoms with van der Waals surface area (Å²) >= 11 is 1.84. The normalized spacial score (nSPS) is 20.0. The molecule has 0 radical (unpaired) electrons. The highest BCUT2D eigenvalue weighted by molar-refractivity contribution is 7.81. The summed E-state index contributed by atoms with van der Waals surface area (Å²) in [6.45, 7) is 7.89. The fourth-order valence-corrected chi connectivity index (χ4v) is 12.8. The molecule has 91 heavy (non-hydrogen) atoms. The minimum absolute atomic E-state index is 0.000289. The molecule has 6 atom stereocenters. The van der Waals surface area contributed by atoms with E-state index in [1.54, 1.807) is 12.1 Å². The van der Waals surface area contributed by atoms with Crippen LogP contribution in [0.3, 0.4) is 0 Å². The van der Waals surface area contributed by atoms with Gasteiger partial charge in [-0.3, -0.25) is 19.2 Å². The Morgan fingerprint density at radius 2 is 1.09 bits per heavy atom. The lowest BCUT2D eigenvalue weighted by atomic mass is 9.84. The molecule has 0 unspecified atom stereocenters. The van der Waals surface area contributed by atoms with Gasteiger partial charge in [0.15, 0.2) is 35.8 Å². The van der Waals surface area contributed by atoms with Crippen molar-refractivity contribution in [2.45, 2.75) is 127 Å². The molecule has 2 saturated heterocycles. The van der Waals surface area contributed by atoms with Crippen molar-refractivity contribution in [2.24, 2.45) is 35.9 Å². The van der Waals surface area contributed by atoms with Gasteiger partial charge in [0.25, 0.3) is 35.8 Å². The Labute approximate surface area is 528 Å². The number of hydroxylamine groups is 4.